The molecule has 2 heteroatoms. The van der Waals surface area contributed by atoms with Crippen LogP contribution in [0.4, 0.5) is 0 Å². The Kier molecular flexibility index (Phi) is 3.36. The minimum absolute atomic E-state index is 0.410. The van der Waals surface area contributed by atoms with Crippen LogP contribution in [-0.2, 0) is 0 Å². The highest BCUT2D eigenvalue weighted by molar-refractivity contribution is 9.38. The molecule has 2 aromatic carbocycles. The van der Waals surface area contributed by atoms with Gasteiger partial charge >= 0.3 is 0 Å². The summed E-state index contributed by atoms with van der Waals surface area (Å²) in [6, 6.07) is 25.6. The molecule has 0 saturated heterocycles. The van der Waals surface area contributed by atoms with E-state index >= 15 is 0 Å². The summed E-state index contributed by atoms with van der Waals surface area (Å²) in [5.41, 5.74) is 2.62. The van der Waals surface area contributed by atoms with Gasteiger partial charge < -0.3 is 0 Å². The lowest BCUT2D eigenvalue weighted by Crippen LogP contribution is -1.69. The maximum atomic E-state index is 3.87. The van der Waals surface area contributed by atoms with Crippen LogP contribution in [0.1, 0.15) is 0 Å². The molecule has 1 heterocycles. The Bertz CT molecular complexity index is 584. The molecular weight excluding hydrogens is 303 g/mol. The van der Waals surface area contributed by atoms with Crippen molar-refractivity contribution in [2.75, 3.05) is 0 Å². The van der Waals surface area contributed by atoms with Crippen molar-refractivity contribution < 1.29 is 0 Å². The van der Waals surface area contributed by atoms with Gasteiger partial charge in [0.25, 0.3) is 0 Å². The van der Waals surface area contributed by atoms with E-state index in [0.717, 1.165) is 0 Å². The van der Waals surface area contributed by atoms with E-state index in [1.54, 1.807) is 0 Å². The molecule has 0 fully saturated rings. The van der Waals surface area contributed by atoms with E-state index in [4.69, 9.17) is 0 Å². The lowest BCUT2D eigenvalue weighted by atomic mass is 10.2. The number of rotatable bonds is 2. The molecule has 0 N–H and O–H groups in total. The van der Waals surface area contributed by atoms with E-state index in [9.17, 15) is 0 Å². The average molecular weight is 315 g/mol. The van der Waals surface area contributed by atoms with Crippen molar-refractivity contribution in [1.29, 1.82) is 0 Å². The van der Waals surface area contributed by atoms with Gasteiger partial charge in [-0.1, -0.05) is 60.7 Å². The van der Waals surface area contributed by atoms with E-state index < -0.39 is 6.24 Å². The first-order chi connectivity index (χ1) is 8.86. The van der Waals surface area contributed by atoms with Gasteiger partial charge in [0.2, 0.25) is 0 Å². The second-order valence-electron chi connectivity index (χ2n) is 4.12. The third-order valence-electron chi connectivity index (χ3n) is 2.96. The van der Waals surface area contributed by atoms with Crippen molar-refractivity contribution in [2.45, 2.75) is 0 Å². The molecule has 0 nitrogen and oxygen atoms in total. The van der Waals surface area contributed by atoms with Gasteiger partial charge in [-0.2, -0.15) is 0 Å². The molecule has 0 aliphatic rings. The fraction of sp³-hybridized carbons (Fsp3) is 0. The zero-order chi connectivity index (χ0) is 12.4. The molecule has 0 aliphatic heterocycles. The molecule has 0 radical (unpaired) electrons. The first-order valence-corrected chi connectivity index (χ1v) is 9.21. The molecule has 0 unspecified atom stereocenters. The van der Waals surface area contributed by atoms with Crippen molar-refractivity contribution in [3.8, 4) is 21.7 Å². The quantitative estimate of drug-likeness (QED) is 0.531. The Hall–Kier alpha value is -1.30. The topological polar surface area (TPSA) is 0 Å². The number of halogens is 1. The molecule has 0 atom stereocenters. The Labute approximate surface area is 116 Å². The molecule has 3 aromatic rings. The van der Waals surface area contributed by atoms with Gasteiger partial charge in [0.1, 0.15) is 0 Å². The summed E-state index contributed by atoms with van der Waals surface area (Å²) >= 11 is 3.87. The molecular formula is C16H12BrP. The van der Waals surface area contributed by atoms with Gasteiger partial charge in [-0.05, 0) is 45.0 Å². The van der Waals surface area contributed by atoms with Crippen molar-refractivity contribution in [2.24, 2.45) is 0 Å². The van der Waals surface area contributed by atoms with Gasteiger partial charge in [0, 0.05) is 10.6 Å². The molecule has 1 aromatic heterocycles. The summed E-state index contributed by atoms with van der Waals surface area (Å²) in [6.45, 7) is 0. The maximum absolute atomic E-state index is 3.87. The van der Waals surface area contributed by atoms with E-state index in [1.165, 1.54) is 21.7 Å². The van der Waals surface area contributed by atoms with Gasteiger partial charge in [-0.3, -0.25) is 0 Å². The minimum Gasteiger partial charge on any atom is -0.0622 e. The molecule has 3 rings (SSSR count). The summed E-state index contributed by atoms with van der Waals surface area (Å²) in [4.78, 5) is 0. The highest BCUT2D eigenvalue weighted by Gasteiger charge is 2.10. The second-order valence-corrected chi connectivity index (χ2v) is 7.77. The summed E-state index contributed by atoms with van der Waals surface area (Å²) < 4.78 is 0. The first kappa shape index (κ1) is 11.8. The Balaban J connectivity index is 2.09. The van der Waals surface area contributed by atoms with Gasteiger partial charge in [-0.15, -0.1) is 0 Å². The van der Waals surface area contributed by atoms with Crippen LogP contribution in [0.25, 0.3) is 21.7 Å². The highest BCUT2D eigenvalue weighted by atomic mass is 79.9. The standard InChI is InChI=1S/C16H12BrP/c17-18-15(13-7-3-1-4-8-13)11-12-16(18)14-9-5-2-6-10-14/h1-12H. The molecule has 0 bridgehead atoms. The maximum Gasteiger partial charge on any atom is 0.0122 e. The summed E-state index contributed by atoms with van der Waals surface area (Å²) in [6.07, 6.45) is -0.410. The zero-order valence-corrected chi connectivity index (χ0v) is 12.2. The first-order valence-electron chi connectivity index (χ1n) is 5.85. The third-order valence-corrected chi connectivity index (χ3v) is 6.91. The van der Waals surface area contributed by atoms with Crippen LogP contribution in [-0.4, -0.2) is 0 Å². The molecule has 88 valence electrons. The van der Waals surface area contributed by atoms with Crippen molar-refractivity contribution in [3.05, 3.63) is 72.8 Å². The second kappa shape index (κ2) is 5.14. The predicted octanol–water partition coefficient (Wildman–Crippen LogP) is 6.17. The van der Waals surface area contributed by atoms with Gasteiger partial charge in [-0.25, -0.2) is 0 Å². The van der Waals surface area contributed by atoms with Gasteiger partial charge in [0.05, 0.1) is 0 Å². The predicted molar refractivity (Wildman–Crippen MR) is 84.3 cm³/mol. The van der Waals surface area contributed by atoms with Crippen LogP contribution in [0.5, 0.6) is 0 Å². The Morgan fingerprint density at radius 1 is 0.556 bits per heavy atom. The smallest absolute Gasteiger partial charge is 0.0122 e. The lowest BCUT2D eigenvalue weighted by molar-refractivity contribution is 1.69. The molecule has 0 spiro atoms. The normalized spacial score (nSPS) is 10.5. The molecule has 0 aliphatic carbocycles. The Morgan fingerprint density at radius 2 is 0.944 bits per heavy atom. The van der Waals surface area contributed by atoms with E-state index in [1.807, 2.05) is 0 Å². The summed E-state index contributed by atoms with van der Waals surface area (Å²) in [7, 11) is 0. The molecule has 18 heavy (non-hydrogen) atoms. The number of hydrogen-bond donors (Lipinski definition) is 0. The van der Waals surface area contributed by atoms with Crippen molar-refractivity contribution >= 4 is 21.7 Å². The lowest BCUT2D eigenvalue weighted by Gasteiger charge is -2.03. The fourth-order valence-electron chi connectivity index (χ4n) is 2.06. The van der Waals surface area contributed by atoms with E-state index in [2.05, 4.69) is 88.3 Å². The average Bonchev–Trinajstić information content (AvgIpc) is 2.83. The van der Waals surface area contributed by atoms with Crippen LogP contribution in [0.3, 0.4) is 0 Å². The minimum atomic E-state index is -0.410. The fourth-order valence-corrected chi connectivity index (χ4v) is 5.42. The van der Waals surface area contributed by atoms with E-state index in [-0.39, 0.29) is 0 Å². The van der Waals surface area contributed by atoms with Crippen LogP contribution < -0.4 is 0 Å². The number of hydrogen-bond acceptors (Lipinski definition) is 0. The van der Waals surface area contributed by atoms with Crippen molar-refractivity contribution in [1.82, 2.24) is 0 Å². The monoisotopic (exact) mass is 314 g/mol. The van der Waals surface area contributed by atoms with Crippen molar-refractivity contribution in [3.63, 3.8) is 0 Å². The number of benzene rings is 2. The third kappa shape index (κ3) is 2.16. The SMILES string of the molecule is Brp1c(-c2ccccc2)ccc1-c1ccccc1. The molecule has 0 saturated carbocycles. The largest absolute Gasteiger partial charge is 0.0622 e. The van der Waals surface area contributed by atoms with Crippen LogP contribution >= 0.6 is 21.7 Å². The van der Waals surface area contributed by atoms with E-state index in [0.29, 0.717) is 0 Å². The summed E-state index contributed by atoms with van der Waals surface area (Å²) in [5, 5.41) is 2.79. The van der Waals surface area contributed by atoms with Crippen LogP contribution in [0.2, 0.25) is 0 Å². The van der Waals surface area contributed by atoms with Gasteiger partial charge in [0.15, 0.2) is 0 Å². The highest BCUT2D eigenvalue weighted by Crippen LogP contribution is 2.55. The van der Waals surface area contributed by atoms with Crippen LogP contribution in [0.15, 0.2) is 72.8 Å². The summed E-state index contributed by atoms with van der Waals surface area (Å²) in [5.74, 6) is 0. The Morgan fingerprint density at radius 3 is 1.33 bits per heavy atom. The molecule has 0 amide bonds. The zero-order valence-electron chi connectivity index (χ0n) is 9.75. The van der Waals surface area contributed by atoms with Crippen LogP contribution in [0, 0.1) is 0 Å².